The first-order valence-corrected chi connectivity index (χ1v) is 23.0. The predicted molar refractivity (Wildman–Crippen MR) is 175 cm³/mol. The van der Waals surface area contributed by atoms with Crippen LogP contribution in [0.15, 0.2) is 26.3 Å². The zero-order valence-corrected chi connectivity index (χ0v) is 29.8. The third kappa shape index (κ3) is 12.8. The van der Waals surface area contributed by atoms with Gasteiger partial charge in [0.15, 0.2) is 5.82 Å². The number of hydrazine groups is 1. The van der Waals surface area contributed by atoms with E-state index in [9.17, 15) is 4.79 Å². The molecule has 0 aromatic rings. The Hall–Kier alpha value is -0.736. The van der Waals surface area contributed by atoms with Crippen LogP contribution in [0.3, 0.4) is 0 Å². The molecule has 0 bridgehead atoms. The molecule has 2 aliphatic rings. The number of esters is 1. The highest BCUT2D eigenvalue weighted by molar-refractivity contribution is 14.1. The highest BCUT2D eigenvalue weighted by atomic mass is 127. The Morgan fingerprint density at radius 1 is 1.05 bits per heavy atom. The van der Waals surface area contributed by atoms with Crippen molar-refractivity contribution >= 4 is 50.4 Å². The van der Waals surface area contributed by atoms with Crippen LogP contribution in [0.1, 0.15) is 46.0 Å². The SMILES string of the molecule is CCOC(=O)CC1CCC(C2=N/C(=C(/C)I)N(N)C(N(COCC[Si](C)(C)C)COCC[Si](C)(C)C)=C2)CC1. The maximum atomic E-state index is 12.0. The summed E-state index contributed by atoms with van der Waals surface area (Å²) in [5.74, 6) is 8.94. The summed E-state index contributed by atoms with van der Waals surface area (Å²) in [5, 5.41) is 1.68. The van der Waals surface area contributed by atoms with E-state index in [2.05, 4.69) is 72.8 Å². The first-order valence-electron chi connectivity index (χ1n) is 14.5. The van der Waals surface area contributed by atoms with Crippen LogP contribution >= 0.6 is 22.6 Å². The largest absolute Gasteiger partial charge is 0.466 e. The summed E-state index contributed by atoms with van der Waals surface area (Å²) < 4.78 is 18.6. The van der Waals surface area contributed by atoms with Gasteiger partial charge in [-0.15, -0.1) is 0 Å². The first-order chi connectivity index (χ1) is 18.2. The van der Waals surface area contributed by atoms with Gasteiger partial charge in [0.2, 0.25) is 0 Å². The number of nitrogens with two attached hydrogens (primary N) is 1. The molecule has 224 valence electrons. The molecule has 0 unspecified atom stereocenters. The van der Waals surface area contributed by atoms with E-state index in [1.54, 1.807) is 5.01 Å². The minimum atomic E-state index is -1.19. The number of hydrogen-bond donors (Lipinski definition) is 1. The van der Waals surface area contributed by atoms with E-state index in [-0.39, 0.29) is 5.97 Å². The third-order valence-electron chi connectivity index (χ3n) is 7.13. The standard InChI is InChI=1S/C28H53IN4O4Si2/c1-9-37-27(34)18-23-10-12-24(13-11-23)25-19-26(33(30)28(31-25)22(2)29)32(20-35-14-16-38(3,4)5)21-36-15-17-39(6,7)8/h19,23-24H,9-18,20-21,30H2,1-8H3/b28-22+. The Morgan fingerprint density at radius 3 is 2.05 bits per heavy atom. The second-order valence-corrected chi connectivity index (χ2v) is 26.1. The van der Waals surface area contributed by atoms with Gasteiger partial charge in [0.1, 0.15) is 19.3 Å². The molecule has 1 saturated carbocycles. The molecule has 0 aromatic heterocycles. The zero-order chi connectivity index (χ0) is 29.2. The van der Waals surface area contributed by atoms with Gasteiger partial charge in [-0.2, -0.15) is 0 Å². The van der Waals surface area contributed by atoms with Gasteiger partial charge in [0.05, 0.1) is 6.61 Å². The number of halogens is 1. The fourth-order valence-corrected chi connectivity index (χ4v) is 6.50. The minimum Gasteiger partial charge on any atom is -0.466 e. The van der Waals surface area contributed by atoms with Gasteiger partial charge < -0.3 is 19.1 Å². The molecule has 0 saturated heterocycles. The first kappa shape index (κ1) is 34.5. The molecule has 0 aromatic carbocycles. The summed E-state index contributed by atoms with van der Waals surface area (Å²) >= 11 is 2.30. The molecule has 1 fully saturated rings. The third-order valence-corrected chi connectivity index (χ3v) is 11.0. The normalized spacial score (nSPS) is 21.8. The van der Waals surface area contributed by atoms with E-state index in [4.69, 9.17) is 25.0 Å². The number of hydrogen-bond acceptors (Lipinski definition) is 8. The van der Waals surface area contributed by atoms with Crippen LogP contribution in [0.25, 0.3) is 0 Å². The Labute approximate surface area is 252 Å². The fourth-order valence-electron chi connectivity index (χ4n) is 4.61. The molecule has 1 aliphatic heterocycles. The summed E-state index contributed by atoms with van der Waals surface area (Å²) in [7, 11) is -2.38. The second kappa shape index (κ2) is 16.0. The Balaban J connectivity index is 2.19. The van der Waals surface area contributed by atoms with Gasteiger partial charge in [-0.05, 0) is 80.1 Å². The Kier molecular flexibility index (Phi) is 14.2. The van der Waals surface area contributed by atoms with Crippen LogP contribution in [-0.2, 0) is 19.0 Å². The van der Waals surface area contributed by atoms with Gasteiger partial charge in [-0.3, -0.25) is 4.79 Å². The van der Waals surface area contributed by atoms with Crippen LogP contribution < -0.4 is 5.84 Å². The van der Waals surface area contributed by atoms with Crippen LogP contribution in [-0.4, -0.2) is 71.0 Å². The second-order valence-electron chi connectivity index (χ2n) is 13.2. The Bertz CT molecular complexity index is 865. The van der Waals surface area contributed by atoms with E-state index in [0.717, 1.165) is 71.9 Å². The Morgan fingerprint density at radius 2 is 1.59 bits per heavy atom. The monoisotopic (exact) mass is 692 g/mol. The van der Waals surface area contributed by atoms with Crippen LogP contribution in [0, 0.1) is 11.8 Å². The number of allylic oxidation sites excluding steroid dienone is 2. The number of carbonyl (C=O) groups excluding carboxylic acids is 1. The lowest BCUT2D eigenvalue weighted by atomic mass is 9.78. The van der Waals surface area contributed by atoms with Gasteiger partial charge in [0.25, 0.3) is 0 Å². The van der Waals surface area contributed by atoms with Crippen molar-refractivity contribution < 1.29 is 19.0 Å². The van der Waals surface area contributed by atoms with Crippen molar-refractivity contribution in [3.63, 3.8) is 0 Å². The summed E-state index contributed by atoms with van der Waals surface area (Å²) in [6, 6.07) is 2.23. The topological polar surface area (TPSA) is 89.6 Å². The molecular formula is C28H53IN4O4Si2. The zero-order valence-electron chi connectivity index (χ0n) is 25.6. The average molecular weight is 693 g/mol. The average Bonchev–Trinajstić information content (AvgIpc) is 2.82. The minimum absolute atomic E-state index is 0.0819. The maximum absolute atomic E-state index is 12.0. The molecule has 0 amide bonds. The van der Waals surface area contributed by atoms with Crippen LogP contribution in [0.5, 0.6) is 0 Å². The van der Waals surface area contributed by atoms with Crippen molar-refractivity contribution in [1.82, 2.24) is 9.91 Å². The highest BCUT2D eigenvalue weighted by Crippen LogP contribution is 2.35. The van der Waals surface area contributed by atoms with Crippen molar-refractivity contribution in [1.29, 1.82) is 0 Å². The van der Waals surface area contributed by atoms with Gasteiger partial charge in [-0.25, -0.2) is 15.8 Å². The lowest BCUT2D eigenvalue weighted by molar-refractivity contribution is -0.144. The molecule has 11 heteroatoms. The van der Waals surface area contributed by atoms with E-state index in [1.165, 1.54) is 0 Å². The predicted octanol–water partition coefficient (Wildman–Crippen LogP) is 6.77. The van der Waals surface area contributed by atoms with Crippen molar-refractivity contribution in [3.8, 4) is 0 Å². The molecular weight excluding hydrogens is 639 g/mol. The maximum Gasteiger partial charge on any atom is 0.306 e. The summed E-state index contributed by atoms with van der Waals surface area (Å²) in [6.07, 6.45) is 6.66. The number of ether oxygens (including phenoxy) is 3. The molecule has 39 heavy (non-hydrogen) atoms. The van der Waals surface area contributed by atoms with Gasteiger partial charge >= 0.3 is 5.97 Å². The van der Waals surface area contributed by atoms with E-state index in [1.807, 2.05) is 13.8 Å². The lowest BCUT2D eigenvalue weighted by Crippen LogP contribution is -2.44. The molecule has 2 N–H and O–H groups in total. The van der Waals surface area contributed by atoms with Gasteiger partial charge in [-0.1, -0.05) is 39.3 Å². The molecule has 0 spiro atoms. The van der Waals surface area contributed by atoms with Crippen molar-refractivity contribution in [3.05, 3.63) is 21.3 Å². The van der Waals surface area contributed by atoms with Crippen molar-refractivity contribution in [2.75, 3.05) is 33.3 Å². The van der Waals surface area contributed by atoms with E-state index < -0.39 is 16.1 Å². The number of carbonyl (C=O) groups is 1. The lowest BCUT2D eigenvalue weighted by Gasteiger charge is -2.37. The molecule has 0 atom stereocenters. The van der Waals surface area contributed by atoms with Crippen molar-refractivity contribution in [2.45, 2.75) is 97.3 Å². The number of rotatable bonds is 15. The quantitative estimate of drug-likeness (QED) is 0.0506. The summed E-state index contributed by atoms with van der Waals surface area (Å²) in [4.78, 5) is 19.1. The van der Waals surface area contributed by atoms with Gasteiger partial charge in [0, 0.05) is 57.1 Å². The van der Waals surface area contributed by atoms with E-state index in [0.29, 0.717) is 38.3 Å². The van der Waals surface area contributed by atoms with Crippen LogP contribution in [0.2, 0.25) is 51.4 Å². The highest BCUT2D eigenvalue weighted by Gasteiger charge is 2.31. The molecule has 8 nitrogen and oxygen atoms in total. The number of aliphatic imine (C=N–C) groups is 1. The van der Waals surface area contributed by atoms with Crippen LogP contribution in [0.4, 0.5) is 0 Å². The molecule has 0 radical (unpaired) electrons. The molecule has 1 heterocycles. The van der Waals surface area contributed by atoms with Crippen molar-refractivity contribution in [2.24, 2.45) is 22.7 Å². The smallest absolute Gasteiger partial charge is 0.306 e. The number of nitrogens with zero attached hydrogens (tertiary/aromatic N) is 3. The molecule has 1 aliphatic carbocycles. The summed E-state index contributed by atoms with van der Waals surface area (Å²) in [5.41, 5.74) is 1.06. The fraction of sp³-hybridized carbons (Fsp3) is 0.786. The molecule has 2 rings (SSSR count). The summed E-state index contributed by atoms with van der Waals surface area (Å²) in [6.45, 7) is 20.8. The van der Waals surface area contributed by atoms with E-state index >= 15 is 0 Å².